The molecule has 0 radical (unpaired) electrons. The van der Waals surface area contributed by atoms with Crippen molar-refractivity contribution in [2.24, 2.45) is 0 Å². The maximum Gasteiger partial charge on any atom is 0.242 e. The van der Waals surface area contributed by atoms with Gasteiger partial charge in [0, 0.05) is 18.7 Å². The summed E-state index contributed by atoms with van der Waals surface area (Å²) in [6.07, 6.45) is 1.53. The number of benzene rings is 1. The number of nitrogens with one attached hydrogen (secondary N) is 1. The van der Waals surface area contributed by atoms with Crippen LogP contribution in [-0.4, -0.2) is 40.4 Å². The molecule has 1 atom stereocenters. The van der Waals surface area contributed by atoms with E-state index in [1.165, 1.54) is 12.1 Å². The minimum atomic E-state index is -3.78. The number of hydrogen-bond acceptors (Lipinski definition) is 5. The van der Waals surface area contributed by atoms with E-state index in [-0.39, 0.29) is 9.92 Å². The monoisotopic (exact) mass is 347 g/mol. The smallest absolute Gasteiger partial charge is 0.242 e. The maximum absolute atomic E-state index is 12.7. The summed E-state index contributed by atoms with van der Waals surface area (Å²) in [6.45, 7) is 3.63. The summed E-state index contributed by atoms with van der Waals surface area (Å²) in [5, 5.41) is 0.108. The first-order chi connectivity index (χ1) is 10.4. The van der Waals surface area contributed by atoms with Crippen molar-refractivity contribution in [2.75, 3.05) is 26.4 Å². The number of rotatable bonds is 3. The zero-order valence-electron chi connectivity index (χ0n) is 12.2. The van der Waals surface area contributed by atoms with Crippen molar-refractivity contribution >= 4 is 21.6 Å². The van der Waals surface area contributed by atoms with Gasteiger partial charge < -0.3 is 14.2 Å². The molecule has 1 N–H and O–H groups in total. The fourth-order valence-electron chi connectivity index (χ4n) is 2.65. The molecule has 1 saturated heterocycles. The Morgan fingerprint density at radius 1 is 1.18 bits per heavy atom. The Hall–Kier alpha value is -1.02. The Labute approximate surface area is 134 Å². The highest BCUT2D eigenvalue weighted by Gasteiger charge is 2.34. The van der Waals surface area contributed by atoms with Crippen molar-refractivity contribution in [1.29, 1.82) is 0 Å². The molecule has 122 valence electrons. The van der Waals surface area contributed by atoms with E-state index < -0.39 is 15.6 Å². The van der Waals surface area contributed by atoms with Gasteiger partial charge in [-0.05, 0) is 19.8 Å². The number of ether oxygens (including phenoxy) is 3. The van der Waals surface area contributed by atoms with Crippen LogP contribution in [0.3, 0.4) is 0 Å². The number of sulfonamides is 1. The summed E-state index contributed by atoms with van der Waals surface area (Å²) < 4.78 is 44.2. The van der Waals surface area contributed by atoms with Gasteiger partial charge in [0.2, 0.25) is 10.0 Å². The quantitative estimate of drug-likeness (QED) is 0.904. The normalized spacial score (nSPS) is 25.0. The predicted octanol–water partition coefficient (Wildman–Crippen LogP) is 1.96. The third kappa shape index (κ3) is 3.17. The van der Waals surface area contributed by atoms with Crippen LogP contribution in [0.2, 0.25) is 5.02 Å². The van der Waals surface area contributed by atoms with Gasteiger partial charge in [-0.3, -0.25) is 0 Å². The molecule has 1 aromatic rings. The van der Waals surface area contributed by atoms with Crippen molar-refractivity contribution in [3.8, 4) is 11.5 Å². The lowest BCUT2D eigenvalue weighted by Gasteiger charge is -2.34. The van der Waals surface area contributed by atoms with E-state index in [4.69, 9.17) is 25.8 Å². The highest BCUT2D eigenvalue weighted by molar-refractivity contribution is 7.89. The van der Waals surface area contributed by atoms with Crippen molar-refractivity contribution in [3.05, 3.63) is 17.2 Å². The molecule has 0 aromatic heterocycles. The highest BCUT2D eigenvalue weighted by atomic mass is 35.5. The van der Waals surface area contributed by atoms with E-state index in [0.29, 0.717) is 44.3 Å². The molecule has 0 spiro atoms. The Morgan fingerprint density at radius 2 is 1.86 bits per heavy atom. The van der Waals surface area contributed by atoms with Crippen LogP contribution in [0.5, 0.6) is 11.5 Å². The molecule has 6 nitrogen and oxygen atoms in total. The Bertz CT molecular complexity index is 670. The topological polar surface area (TPSA) is 73.9 Å². The summed E-state index contributed by atoms with van der Waals surface area (Å²) >= 11 is 6.12. The second-order valence-corrected chi connectivity index (χ2v) is 7.81. The molecule has 0 saturated carbocycles. The molecular formula is C14H18ClNO5S. The van der Waals surface area contributed by atoms with Gasteiger partial charge in [0.25, 0.3) is 0 Å². The van der Waals surface area contributed by atoms with Crippen LogP contribution in [0.1, 0.15) is 19.8 Å². The number of halogens is 1. The second kappa shape index (κ2) is 5.88. The van der Waals surface area contributed by atoms with Gasteiger partial charge in [-0.2, -0.15) is 0 Å². The van der Waals surface area contributed by atoms with E-state index in [2.05, 4.69) is 4.72 Å². The van der Waals surface area contributed by atoms with Crippen LogP contribution in [0.25, 0.3) is 0 Å². The summed E-state index contributed by atoms with van der Waals surface area (Å²) in [7, 11) is -3.78. The molecule has 3 rings (SSSR count). The van der Waals surface area contributed by atoms with Crippen LogP contribution in [0.15, 0.2) is 17.0 Å². The molecule has 1 aromatic carbocycles. The van der Waals surface area contributed by atoms with Gasteiger partial charge >= 0.3 is 0 Å². The van der Waals surface area contributed by atoms with Crippen LogP contribution in [-0.2, 0) is 14.8 Å². The Morgan fingerprint density at radius 3 is 2.50 bits per heavy atom. The SMILES string of the molecule is CC1(NS(=O)(=O)c2cc3c(cc2Cl)OCCO3)CCCOC1. The lowest BCUT2D eigenvalue weighted by Crippen LogP contribution is -2.51. The first-order valence-electron chi connectivity index (χ1n) is 7.11. The van der Waals surface area contributed by atoms with Gasteiger partial charge in [0.15, 0.2) is 11.5 Å². The standard InChI is InChI=1S/C14H18ClNO5S/c1-14(3-2-4-19-9-14)16-22(17,18)13-8-12-11(7-10(13)15)20-5-6-21-12/h7-8,16H,2-6,9H2,1H3. The predicted molar refractivity (Wildman–Crippen MR) is 81.2 cm³/mol. The van der Waals surface area contributed by atoms with E-state index in [0.717, 1.165) is 6.42 Å². The highest BCUT2D eigenvalue weighted by Crippen LogP contribution is 2.37. The fraction of sp³-hybridized carbons (Fsp3) is 0.571. The molecule has 2 aliphatic rings. The van der Waals surface area contributed by atoms with Gasteiger partial charge in [0.1, 0.15) is 18.1 Å². The molecule has 0 amide bonds. The van der Waals surface area contributed by atoms with Gasteiger partial charge in [-0.25, -0.2) is 13.1 Å². The van der Waals surface area contributed by atoms with E-state index in [9.17, 15) is 8.42 Å². The second-order valence-electron chi connectivity index (χ2n) is 5.75. The van der Waals surface area contributed by atoms with Gasteiger partial charge in [-0.1, -0.05) is 11.6 Å². The summed E-state index contributed by atoms with van der Waals surface area (Å²) in [6, 6.07) is 2.89. The molecule has 22 heavy (non-hydrogen) atoms. The first-order valence-corrected chi connectivity index (χ1v) is 8.97. The third-order valence-electron chi connectivity index (χ3n) is 3.70. The lowest BCUT2D eigenvalue weighted by atomic mass is 9.97. The van der Waals surface area contributed by atoms with E-state index in [1.807, 2.05) is 6.92 Å². The van der Waals surface area contributed by atoms with Gasteiger partial charge in [0.05, 0.1) is 17.2 Å². The van der Waals surface area contributed by atoms with E-state index >= 15 is 0 Å². The average molecular weight is 348 g/mol. The summed E-state index contributed by atoms with van der Waals surface area (Å²) in [5.74, 6) is 0.850. The molecule has 0 aliphatic carbocycles. The zero-order valence-corrected chi connectivity index (χ0v) is 13.8. The van der Waals surface area contributed by atoms with Crippen molar-refractivity contribution in [1.82, 2.24) is 4.72 Å². The lowest BCUT2D eigenvalue weighted by molar-refractivity contribution is 0.0386. The van der Waals surface area contributed by atoms with Crippen LogP contribution in [0.4, 0.5) is 0 Å². The average Bonchev–Trinajstić information content (AvgIpc) is 2.46. The molecule has 8 heteroatoms. The molecular weight excluding hydrogens is 330 g/mol. The van der Waals surface area contributed by atoms with Crippen LogP contribution >= 0.6 is 11.6 Å². The minimum Gasteiger partial charge on any atom is -0.486 e. The fourth-order valence-corrected chi connectivity index (χ4v) is 4.60. The maximum atomic E-state index is 12.7. The largest absolute Gasteiger partial charge is 0.486 e. The van der Waals surface area contributed by atoms with Crippen LogP contribution in [0, 0.1) is 0 Å². The van der Waals surface area contributed by atoms with Crippen LogP contribution < -0.4 is 14.2 Å². The van der Waals surface area contributed by atoms with E-state index in [1.54, 1.807) is 0 Å². The minimum absolute atomic E-state index is 0.00906. The molecule has 2 heterocycles. The molecule has 0 bridgehead atoms. The Kier molecular flexibility index (Phi) is 4.24. The summed E-state index contributed by atoms with van der Waals surface area (Å²) in [4.78, 5) is -0.00906. The van der Waals surface area contributed by atoms with Gasteiger partial charge in [-0.15, -0.1) is 0 Å². The van der Waals surface area contributed by atoms with Crippen molar-refractivity contribution in [3.63, 3.8) is 0 Å². The van der Waals surface area contributed by atoms with Crippen molar-refractivity contribution < 1.29 is 22.6 Å². The summed E-state index contributed by atoms with van der Waals surface area (Å²) in [5.41, 5.74) is -0.631. The number of hydrogen-bond donors (Lipinski definition) is 1. The third-order valence-corrected chi connectivity index (χ3v) is 5.81. The zero-order chi connectivity index (χ0) is 15.8. The Balaban J connectivity index is 1.91. The molecule has 1 fully saturated rings. The molecule has 2 aliphatic heterocycles. The number of fused-ring (bicyclic) bond motifs is 1. The first kappa shape index (κ1) is 15.9. The van der Waals surface area contributed by atoms with Crippen molar-refractivity contribution in [2.45, 2.75) is 30.2 Å². The molecule has 1 unspecified atom stereocenters.